The summed E-state index contributed by atoms with van der Waals surface area (Å²) in [5, 5.41) is 5.55. The van der Waals surface area contributed by atoms with Crippen molar-refractivity contribution in [1.29, 1.82) is 0 Å². The van der Waals surface area contributed by atoms with Crippen molar-refractivity contribution in [3.05, 3.63) is 24.4 Å². The Hall–Kier alpha value is -1.55. The summed E-state index contributed by atoms with van der Waals surface area (Å²) in [5.74, 6) is 0. The molecule has 2 aromatic rings. The third-order valence-electron chi connectivity index (χ3n) is 3.32. The SMILES string of the molecule is Nc1ccc2cnn(CC3CCCCO3)c2c1. The van der Waals surface area contributed by atoms with E-state index in [-0.39, 0.29) is 0 Å². The van der Waals surface area contributed by atoms with Gasteiger partial charge in [-0.1, -0.05) is 0 Å². The van der Waals surface area contributed by atoms with Crippen LogP contribution in [0.4, 0.5) is 5.69 Å². The van der Waals surface area contributed by atoms with E-state index < -0.39 is 0 Å². The molecule has 1 fully saturated rings. The van der Waals surface area contributed by atoms with Crippen LogP contribution in [0.2, 0.25) is 0 Å². The third-order valence-corrected chi connectivity index (χ3v) is 3.32. The van der Waals surface area contributed by atoms with Crippen molar-refractivity contribution in [2.75, 3.05) is 12.3 Å². The summed E-state index contributed by atoms with van der Waals surface area (Å²) in [5.41, 5.74) is 7.69. The van der Waals surface area contributed by atoms with Gasteiger partial charge < -0.3 is 10.5 Å². The Morgan fingerprint density at radius 3 is 3.18 bits per heavy atom. The van der Waals surface area contributed by atoms with Crippen LogP contribution in [0, 0.1) is 0 Å². The Kier molecular flexibility index (Phi) is 2.73. The van der Waals surface area contributed by atoms with Crippen LogP contribution in [-0.4, -0.2) is 22.5 Å². The molecule has 1 aliphatic heterocycles. The van der Waals surface area contributed by atoms with Crippen LogP contribution < -0.4 is 5.73 Å². The number of fused-ring (bicyclic) bond motifs is 1. The highest BCUT2D eigenvalue weighted by Crippen LogP contribution is 2.20. The van der Waals surface area contributed by atoms with Crippen molar-refractivity contribution < 1.29 is 4.74 Å². The lowest BCUT2D eigenvalue weighted by Crippen LogP contribution is -2.24. The zero-order valence-electron chi connectivity index (χ0n) is 9.80. The van der Waals surface area contributed by atoms with Crippen molar-refractivity contribution in [2.24, 2.45) is 0 Å². The fraction of sp³-hybridized carbons (Fsp3) is 0.462. The predicted molar refractivity (Wildman–Crippen MR) is 67.7 cm³/mol. The number of hydrogen-bond acceptors (Lipinski definition) is 3. The topological polar surface area (TPSA) is 53.1 Å². The van der Waals surface area contributed by atoms with Crippen LogP contribution in [0.5, 0.6) is 0 Å². The van der Waals surface area contributed by atoms with Gasteiger partial charge in [-0.3, -0.25) is 4.68 Å². The molecule has 0 saturated carbocycles. The van der Waals surface area contributed by atoms with E-state index in [1.165, 1.54) is 12.8 Å². The predicted octanol–water partition coefficient (Wildman–Crippen LogP) is 2.19. The first-order valence-corrected chi connectivity index (χ1v) is 6.15. The van der Waals surface area contributed by atoms with E-state index in [1.54, 1.807) is 0 Å². The maximum Gasteiger partial charge on any atom is 0.0771 e. The van der Waals surface area contributed by atoms with Gasteiger partial charge in [0.1, 0.15) is 0 Å². The molecule has 1 aromatic heterocycles. The van der Waals surface area contributed by atoms with Gasteiger partial charge in [-0.05, 0) is 37.5 Å². The van der Waals surface area contributed by atoms with E-state index in [0.29, 0.717) is 6.10 Å². The van der Waals surface area contributed by atoms with E-state index in [1.807, 2.05) is 29.1 Å². The second kappa shape index (κ2) is 4.37. The Morgan fingerprint density at radius 2 is 2.35 bits per heavy atom. The van der Waals surface area contributed by atoms with Gasteiger partial charge in [-0.2, -0.15) is 5.10 Å². The molecule has 0 aliphatic carbocycles. The van der Waals surface area contributed by atoms with E-state index >= 15 is 0 Å². The highest BCUT2D eigenvalue weighted by molar-refractivity contribution is 5.81. The summed E-state index contributed by atoms with van der Waals surface area (Å²) in [6, 6.07) is 5.90. The van der Waals surface area contributed by atoms with E-state index in [4.69, 9.17) is 10.5 Å². The number of hydrogen-bond donors (Lipinski definition) is 1. The fourth-order valence-electron chi connectivity index (χ4n) is 2.38. The summed E-state index contributed by atoms with van der Waals surface area (Å²) in [4.78, 5) is 0. The van der Waals surface area contributed by atoms with Crippen LogP contribution in [0.25, 0.3) is 10.9 Å². The molecule has 3 rings (SSSR count). The summed E-state index contributed by atoms with van der Waals surface area (Å²) in [6.07, 6.45) is 5.75. The first-order chi connectivity index (χ1) is 8.33. The van der Waals surface area contributed by atoms with E-state index in [2.05, 4.69) is 5.10 Å². The number of anilines is 1. The van der Waals surface area contributed by atoms with E-state index in [0.717, 1.165) is 36.2 Å². The molecule has 0 bridgehead atoms. The first kappa shape index (κ1) is 10.6. The maximum absolute atomic E-state index is 5.81. The molecule has 4 heteroatoms. The summed E-state index contributed by atoms with van der Waals surface area (Å²) in [6.45, 7) is 1.71. The molecule has 1 atom stereocenters. The van der Waals surface area contributed by atoms with Crippen molar-refractivity contribution in [3.63, 3.8) is 0 Å². The monoisotopic (exact) mass is 231 g/mol. The van der Waals surface area contributed by atoms with Crippen molar-refractivity contribution in [3.8, 4) is 0 Å². The average molecular weight is 231 g/mol. The standard InChI is InChI=1S/C13H17N3O/c14-11-5-4-10-8-15-16(13(10)7-11)9-12-3-1-2-6-17-12/h4-5,7-8,12H,1-3,6,9,14H2. The van der Waals surface area contributed by atoms with Crippen molar-refractivity contribution in [2.45, 2.75) is 31.9 Å². The first-order valence-electron chi connectivity index (χ1n) is 6.15. The molecule has 2 N–H and O–H groups in total. The minimum absolute atomic E-state index is 0.299. The number of nitrogens with zero attached hydrogens (tertiary/aromatic N) is 2. The molecule has 90 valence electrons. The van der Waals surface area contributed by atoms with Gasteiger partial charge in [-0.25, -0.2) is 0 Å². The second-order valence-corrected chi connectivity index (χ2v) is 4.63. The number of nitrogen functional groups attached to an aromatic ring is 1. The van der Waals surface area contributed by atoms with Crippen molar-refractivity contribution in [1.82, 2.24) is 9.78 Å². The van der Waals surface area contributed by atoms with E-state index in [9.17, 15) is 0 Å². The molecule has 4 nitrogen and oxygen atoms in total. The Morgan fingerprint density at radius 1 is 1.41 bits per heavy atom. The lowest BCUT2D eigenvalue weighted by Gasteiger charge is -2.22. The smallest absolute Gasteiger partial charge is 0.0771 e. The Labute approximate surface area is 100 Å². The van der Waals surface area contributed by atoms with Crippen LogP contribution in [-0.2, 0) is 11.3 Å². The van der Waals surface area contributed by atoms with Crippen LogP contribution in [0.15, 0.2) is 24.4 Å². The number of ether oxygens (including phenoxy) is 1. The third kappa shape index (κ3) is 2.13. The highest BCUT2D eigenvalue weighted by atomic mass is 16.5. The summed E-state index contributed by atoms with van der Waals surface area (Å²) >= 11 is 0. The molecule has 1 unspecified atom stereocenters. The summed E-state index contributed by atoms with van der Waals surface area (Å²) < 4.78 is 7.74. The molecule has 0 spiro atoms. The highest BCUT2D eigenvalue weighted by Gasteiger charge is 2.15. The molecule has 0 radical (unpaired) electrons. The number of aromatic nitrogens is 2. The van der Waals surface area contributed by atoms with Gasteiger partial charge in [-0.15, -0.1) is 0 Å². The second-order valence-electron chi connectivity index (χ2n) is 4.63. The minimum atomic E-state index is 0.299. The van der Waals surface area contributed by atoms with Gasteiger partial charge in [0.15, 0.2) is 0 Å². The zero-order valence-corrected chi connectivity index (χ0v) is 9.80. The molecule has 1 aliphatic rings. The molecule has 0 amide bonds. The number of benzene rings is 1. The lowest BCUT2D eigenvalue weighted by molar-refractivity contribution is 0.00474. The molecular weight excluding hydrogens is 214 g/mol. The Bertz CT molecular complexity index is 514. The molecule has 1 saturated heterocycles. The van der Waals surface area contributed by atoms with Gasteiger partial charge in [0.05, 0.1) is 24.4 Å². The summed E-state index contributed by atoms with van der Waals surface area (Å²) in [7, 11) is 0. The number of rotatable bonds is 2. The fourth-order valence-corrected chi connectivity index (χ4v) is 2.38. The quantitative estimate of drug-likeness (QED) is 0.806. The zero-order chi connectivity index (χ0) is 11.7. The van der Waals surface area contributed by atoms with Gasteiger partial charge in [0, 0.05) is 17.7 Å². The minimum Gasteiger partial charge on any atom is -0.399 e. The lowest BCUT2D eigenvalue weighted by atomic mass is 10.1. The number of nitrogens with two attached hydrogens (primary N) is 1. The van der Waals surface area contributed by atoms with Gasteiger partial charge in [0.2, 0.25) is 0 Å². The molecular formula is C13H17N3O. The van der Waals surface area contributed by atoms with Crippen molar-refractivity contribution >= 4 is 16.6 Å². The largest absolute Gasteiger partial charge is 0.399 e. The van der Waals surface area contributed by atoms with Gasteiger partial charge in [0.25, 0.3) is 0 Å². The average Bonchev–Trinajstić information content (AvgIpc) is 2.73. The van der Waals surface area contributed by atoms with Crippen LogP contribution >= 0.6 is 0 Å². The molecule has 2 heterocycles. The van der Waals surface area contributed by atoms with Crippen LogP contribution in [0.1, 0.15) is 19.3 Å². The normalized spacial score (nSPS) is 20.8. The van der Waals surface area contributed by atoms with Crippen LogP contribution in [0.3, 0.4) is 0 Å². The Balaban J connectivity index is 1.86. The molecule has 17 heavy (non-hydrogen) atoms. The molecule has 1 aromatic carbocycles. The maximum atomic E-state index is 5.81. The van der Waals surface area contributed by atoms with Gasteiger partial charge >= 0.3 is 0 Å².